The molecule has 3 fully saturated rings. The molecule has 226 valence electrons. The van der Waals surface area contributed by atoms with Crippen molar-refractivity contribution in [2.24, 2.45) is 11.8 Å². The Hall–Kier alpha value is -3.33. The summed E-state index contributed by atoms with van der Waals surface area (Å²) in [5.74, 6) is -1.02. The van der Waals surface area contributed by atoms with E-state index in [0.29, 0.717) is 28.2 Å². The van der Waals surface area contributed by atoms with E-state index in [0.717, 1.165) is 0 Å². The minimum atomic E-state index is -1.44. The number of aromatic hydroxyl groups is 1. The molecular formula is C29H32O13. The quantitative estimate of drug-likeness (QED) is 0.430. The van der Waals surface area contributed by atoms with Gasteiger partial charge in [-0.15, -0.1) is 0 Å². The molecule has 0 amide bonds. The van der Waals surface area contributed by atoms with Gasteiger partial charge in [0.25, 0.3) is 0 Å². The molecule has 4 aliphatic heterocycles. The number of rotatable bonds is 5. The van der Waals surface area contributed by atoms with Crippen LogP contribution in [0.1, 0.15) is 35.6 Å². The molecule has 2 aromatic carbocycles. The molecule has 2 aromatic rings. The summed E-state index contributed by atoms with van der Waals surface area (Å²) in [5.41, 5.74) is 2.01. The first-order valence-electron chi connectivity index (χ1n) is 13.8. The molecule has 0 spiro atoms. The van der Waals surface area contributed by atoms with Crippen molar-refractivity contribution in [3.63, 3.8) is 0 Å². The highest BCUT2D eigenvalue weighted by molar-refractivity contribution is 5.79. The Kier molecular flexibility index (Phi) is 6.83. The third-order valence-corrected chi connectivity index (χ3v) is 8.75. The van der Waals surface area contributed by atoms with Crippen LogP contribution in [-0.2, 0) is 28.5 Å². The molecule has 42 heavy (non-hydrogen) atoms. The van der Waals surface area contributed by atoms with Crippen LogP contribution in [0, 0.1) is 11.8 Å². The molecule has 10 atom stereocenters. The summed E-state index contributed by atoms with van der Waals surface area (Å²) in [7, 11) is 2.86. The van der Waals surface area contributed by atoms with Crippen LogP contribution in [0.25, 0.3) is 0 Å². The maximum absolute atomic E-state index is 13.4. The number of carbonyl (C=O) groups is 1. The van der Waals surface area contributed by atoms with E-state index in [2.05, 4.69) is 0 Å². The van der Waals surface area contributed by atoms with Crippen molar-refractivity contribution in [3.8, 4) is 28.7 Å². The maximum Gasteiger partial charge on any atom is 0.310 e. The predicted molar refractivity (Wildman–Crippen MR) is 138 cm³/mol. The molecule has 2 unspecified atom stereocenters. The van der Waals surface area contributed by atoms with Gasteiger partial charge in [0, 0.05) is 11.8 Å². The fourth-order valence-corrected chi connectivity index (χ4v) is 6.74. The van der Waals surface area contributed by atoms with E-state index >= 15 is 0 Å². The lowest BCUT2D eigenvalue weighted by atomic mass is 9.66. The highest BCUT2D eigenvalue weighted by Crippen LogP contribution is 2.57. The standard InChI is InChI=1S/C29H32O13/c1-11-36-9-20-27(40-11)24(31)25(32)29(41-20)42-26-14-7-17-16(38-10-39-17)6-13(14)21(22-15(26)8-37-28(22)33)12-4-18(34-2)23(30)19(5-12)35-3/h4-7,11,15,20-22,24-27,29-32H,8-10H2,1-3H3/t11-,15+,20-,21-,22+,24?,25?,26-,27-,29+/m1/s1. The van der Waals surface area contributed by atoms with Gasteiger partial charge in [-0.05, 0) is 47.9 Å². The Labute approximate surface area is 240 Å². The van der Waals surface area contributed by atoms with Crippen LogP contribution in [0.5, 0.6) is 28.7 Å². The average Bonchev–Trinajstić information content (AvgIpc) is 3.61. The van der Waals surface area contributed by atoms with E-state index < -0.39 is 66.8 Å². The van der Waals surface area contributed by atoms with Crippen molar-refractivity contribution in [1.82, 2.24) is 0 Å². The van der Waals surface area contributed by atoms with Crippen LogP contribution in [0.4, 0.5) is 0 Å². The first-order valence-corrected chi connectivity index (χ1v) is 13.8. The number of esters is 1. The number of hydrogen-bond acceptors (Lipinski definition) is 13. The first kappa shape index (κ1) is 27.5. The largest absolute Gasteiger partial charge is 0.502 e. The average molecular weight is 589 g/mol. The summed E-state index contributed by atoms with van der Waals surface area (Å²) in [6, 6.07) is 6.93. The zero-order valence-electron chi connectivity index (χ0n) is 23.1. The number of aliphatic hydroxyl groups is 2. The van der Waals surface area contributed by atoms with Gasteiger partial charge in [0.1, 0.15) is 24.4 Å². The third-order valence-electron chi connectivity index (χ3n) is 8.75. The topological polar surface area (TPSA) is 161 Å². The van der Waals surface area contributed by atoms with Crippen molar-refractivity contribution in [2.45, 2.75) is 55.9 Å². The second kappa shape index (κ2) is 10.4. The van der Waals surface area contributed by atoms with Crippen molar-refractivity contribution in [2.75, 3.05) is 34.2 Å². The van der Waals surface area contributed by atoms with Crippen LogP contribution in [-0.4, -0.2) is 92.5 Å². The molecule has 13 heteroatoms. The van der Waals surface area contributed by atoms with Crippen molar-refractivity contribution in [1.29, 1.82) is 0 Å². The number of carbonyl (C=O) groups excluding carboxylic acids is 1. The van der Waals surface area contributed by atoms with Gasteiger partial charge < -0.3 is 58.0 Å². The molecule has 13 nitrogen and oxygen atoms in total. The second-order valence-electron chi connectivity index (χ2n) is 11.0. The molecule has 0 saturated carbocycles. The van der Waals surface area contributed by atoms with Crippen molar-refractivity contribution in [3.05, 3.63) is 41.0 Å². The second-order valence-corrected chi connectivity index (χ2v) is 11.0. The number of ether oxygens (including phenoxy) is 9. The minimum Gasteiger partial charge on any atom is -0.502 e. The Morgan fingerprint density at radius 3 is 2.26 bits per heavy atom. The Morgan fingerprint density at radius 2 is 1.57 bits per heavy atom. The zero-order valence-corrected chi connectivity index (χ0v) is 23.1. The Bertz CT molecular complexity index is 1350. The van der Waals surface area contributed by atoms with Gasteiger partial charge in [-0.25, -0.2) is 0 Å². The van der Waals surface area contributed by atoms with Gasteiger partial charge in [-0.1, -0.05) is 0 Å². The number of phenols is 1. The predicted octanol–water partition coefficient (Wildman–Crippen LogP) is 1.34. The molecule has 7 rings (SSSR count). The van der Waals surface area contributed by atoms with Crippen molar-refractivity contribution >= 4 is 5.97 Å². The van der Waals surface area contributed by atoms with E-state index in [4.69, 9.17) is 42.6 Å². The number of methoxy groups -OCH3 is 2. The Balaban J connectivity index is 1.32. The molecule has 5 aliphatic rings. The molecule has 0 radical (unpaired) electrons. The van der Waals surface area contributed by atoms with Gasteiger partial charge in [-0.2, -0.15) is 0 Å². The number of hydrogen-bond donors (Lipinski definition) is 3. The molecule has 0 aromatic heterocycles. The number of benzene rings is 2. The number of aliphatic hydroxyl groups excluding tert-OH is 2. The van der Waals surface area contributed by atoms with E-state index in [1.54, 1.807) is 31.2 Å². The fourth-order valence-electron chi connectivity index (χ4n) is 6.74. The SMILES string of the molecule is COc1cc([C@@H]2c3cc4c(cc3[C@@H](O[C@@H]3O[C@@H]5CO[C@@H](C)O[C@H]5C(O)C3O)[C@H]3COC(=O)[C@H]23)OCO4)cc(OC)c1O. The summed E-state index contributed by atoms with van der Waals surface area (Å²) >= 11 is 0. The van der Waals surface area contributed by atoms with Crippen LogP contribution in [0.2, 0.25) is 0 Å². The van der Waals surface area contributed by atoms with Crippen LogP contribution in [0.15, 0.2) is 24.3 Å². The highest BCUT2D eigenvalue weighted by atomic mass is 16.8. The monoisotopic (exact) mass is 588 g/mol. The molecular weight excluding hydrogens is 556 g/mol. The van der Waals surface area contributed by atoms with Crippen LogP contribution >= 0.6 is 0 Å². The van der Waals surface area contributed by atoms with Gasteiger partial charge in [0.05, 0.1) is 39.5 Å². The van der Waals surface area contributed by atoms with Crippen molar-refractivity contribution < 1.29 is 62.7 Å². The summed E-state index contributed by atoms with van der Waals surface area (Å²) in [6.45, 7) is 1.93. The highest BCUT2D eigenvalue weighted by Gasteiger charge is 2.56. The lowest BCUT2D eigenvalue weighted by Crippen LogP contribution is -2.63. The lowest BCUT2D eigenvalue weighted by Gasteiger charge is -2.47. The van der Waals surface area contributed by atoms with Gasteiger partial charge >= 0.3 is 5.97 Å². The Morgan fingerprint density at radius 1 is 0.881 bits per heavy atom. The minimum absolute atomic E-state index is 0.0301. The van der Waals surface area contributed by atoms with Gasteiger partial charge in [0.2, 0.25) is 12.5 Å². The van der Waals surface area contributed by atoms with Crippen LogP contribution < -0.4 is 18.9 Å². The zero-order chi connectivity index (χ0) is 29.3. The molecule has 3 N–H and O–H groups in total. The first-order chi connectivity index (χ1) is 20.3. The van der Waals surface area contributed by atoms with Gasteiger partial charge in [-0.3, -0.25) is 4.79 Å². The lowest BCUT2D eigenvalue weighted by molar-refractivity contribution is -0.364. The third kappa shape index (κ3) is 4.26. The maximum atomic E-state index is 13.4. The van der Waals surface area contributed by atoms with Gasteiger partial charge in [0.15, 0.2) is 35.6 Å². The van der Waals surface area contributed by atoms with E-state index in [9.17, 15) is 20.1 Å². The summed E-state index contributed by atoms with van der Waals surface area (Å²) in [4.78, 5) is 13.4. The number of phenolic OH excluding ortho intramolecular Hbond substituents is 1. The molecule has 1 aliphatic carbocycles. The molecule has 0 bridgehead atoms. The number of cyclic esters (lactones) is 1. The summed E-state index contributed by atoms with van der Waals surface area (Å²) in [6.07, 6.45) is -6.80. The molecule has 4 heterocycles. The van der Waals surface area contributed by atoms with E-state index in [-0.39, 0.29) is 37.3 Å². The van der Waals surface area contributed by atoms with Crippen LogP contribution in [0.3, 0.4) is 0 Å². The summed E-state index contributed by atoms with van der Waals surface area (Å²) in [5, 5.41) is 32.5. The normalized spacial score (nSPS) is 36.5. The van der Waals surface area contributed by atoms with E-state index in [1.165, 1.54) is 14.2 Å². The smallest absolute Gasteiger partial charge is 0.310 e. The fraction of sp³-hybridized carbons (Fsp3) is 0.552. The molecule has 3 saturated heterocycles. The van der Waals surface area contributed by atoms with E-state index in [1.807, 2.05) is 0 Å². The summed E-state index contributed by atoms with van der Waals surface area (Å²) < 4.78 is 51.5. The number of fused-ring (bicyclic) bond motifs is 4.